The van der Waals surface area contributed by atoms with Gasteiger partial charge in [-0.05, 0) is 29.8 Å². The maximum absolute atomic E-state index is 12.5. The largest absolute Gasteiger partial charge is 0.422 e. The van der Waals surface area contributed by atoms with Crippen molar-refractivity contribution in [2.24, 2.45) is 0 Å². The molecule has 0 amide bonds. The molecule has 1 saturated heterocycles. The second-order valence-corrected chi connectivity index (χ2v) is 5.81. The first-order chi connectivity index (χ1) is 11.1. The highest BCUT2D eigenvalue weighted by molar-refractivity contribution is 6.30. The lowest BCUT2D eigenvalue weighted by atomic mass is 10.0. The molecule has 0 N–H and O–H groups in total. The van der Waals surface area contributed by atoms with E-state index in [1.807, 2.05) is 18.2 Å². The van der Waals surface area contributed by atoms with Crippen molar-refractivity contribution in [2.75, 3.05) is 0 Å². The van der Waals surface area contributed by atoms with Crippen molar-refractivity contribution in [1.29, 1.82) is 0 Å². The van der Waals surface area contributed by atoms with Crippen LogP contribution in [-0.2, 0) is 4.74 Å². The Kier molecular flexibility index (Phi) is 3.29. The number of para-hydroxylation sites is 1. The SMILES string of the molecule is O=C(c1cc2ccccc2oc1=O)C1OC1c1ccc(Cl)cc1. The number of hydrogen-bond donors (Lipinski definition) is 0. The van der Waals surface area contributed by atoms with Gasteiger partial charge >= 0.3 is 5.63 Å². The number of carbonyl (C=O) groups excluding carboxylic acids is 1. The Labute approximate surface area is 136 Å². The lowest BCUT2D eigenvalue weighted by Gasteiger charge is -2.00. The monoisotopic (exact) mass is 326 g/mol. The molecule has 2 unspecified atom stereocenters. The van der Waals surface area contributed by atoms with E-state index in [0.717, 1.165) is 5.56 Å². The fourth-order valence-corrected chi connectivity index (χ4v) is 2.73. The van der Waals surface area contributed by atoms with Crippen molar-refractivity contribution in [1.82, 2.24) is 0 Å². The average Bonchev–Trinajstić information content (AvgIpc) is 3.35. The highest BCUT2D eigenvalue weighted by Gasteiger charge is 2.47. The fraction of sp³-hybridized carbons (Fsp3) is 0.111. The Hall–Kier alpha value is -2.43. The van der Waals surface area contributed by atoms with Crippen LogP contribution in [0.1, 0.15) is 22.0 Å². The second-order valence-electron chi connectivity index (χ2n) is 5.38. The lowest BCUT2D eigenvalue weighted by Crippen LogP contribution is -2.18. The number of fused-ring (bicyclic) bond motifs is 1. The molecule has 0 spiro atoms. The van der Waals surface area contributed by atoms with Crippen LogP contribution in [0.5, 0.6) is 0 Å². The van der Waals surface area contributed by atoms with Crippen LogP contribution in [0.15, 0.2) is 63.8 Å². The van der Waals surface area contributed by atoms with Gasteiger partial charge in [0.05, 0.1) is 0 Å². The molecule has 1 aromatic heterocycles. The number of epoxide rings is 1. The molecular formula is C18H11ClO4. The molecule has 2 atom stereocenters. The molecule has 0 saturated carbocycles. The van der Waals surface area contributed by atoms with Gasteiger partial charge in [0.1, 0.15) is 17.3 Å². The molecular weight excluding hydrogens is 316 g/mol. The molecule has 1 aliphatic heterocycles. The van der Waals surface area contributed by atoms with Crippen LogP contribution < -0.4 is 5.63 Å². The van der Waals surface area contributed by atoms with E-state index in [9.17, 15) is 9.59 Å². The van der Waals surface area contributed by atoms with Gasteiger partial charge in [-0.15, -0.1) is 0 Å². The molecule has 5 heteroatoms. The zero-order valence-electron chi connectivity index (χ0n) is 11.9. The maximum Gasteiger partial charge on any atom is 0.347 e. The van der Waals surface area contributed by atoms with Crippen LogP contribution in [0.4, 0.5) is 0 Å². The van der Waals surface area contributed by atoms with Crippen molar-refractivity contribution in [3.05, 3.63) is 81.2 Å². The Morgan fingerprint density at radius 2 is 1.78 bits per heavy atom. The van der Waals surface area contributed by atoms with E-state index in [1.54, 1.807) is 36.4 Å². The first-order valence-electron chi connectivity index (χ1n) is 7.11. The summed E-state index contributed by atoms with van der Waals surface area (Å²) >= 11 is 5.85. The Morgan fingerprint density at radius 3 is 2.57 bits per heavy atom. The summed E-state index contributed by atoms with van der Waals surface area (Å²) < 4.78 is 10.7. The number of halogens is 1. The highest BCUT2D eigenvalue weighted by atomic mass is 35.5. The highest BCUT2D eigenvalue weighted by Crippen LogP contribution is 2.40. The molecule has 0 aliphatic carbocycles. The van der Waals surface area contributed by atoms with Gasteiger partial charge in [-0.3, -0.25) is 4.79 Å². The van der Waals surface area contributed by atoms with Gasteiger partial charge in [-0.2, -0.15) is 0 Å². The predicted molar refractivity (Wildman–Crippen MR) is 85.9 cm³/mol. The molecule has 114 valence electrons. The minimum atomic E-state index is -0.653. The molecule has 1 aliphatic rings. The van der Waals surface area contributed by atoms with Gasteiger partial charge in [0.15, 0.2) is 6.10 Å². The van der Waals surface area contributed by atoms with Gasteiger partial charge in [-0.25, -0.2) is 4.79 Å². The van der Waals surface area contributed by atoms with E-state index in [2.05, 4.69) is 0 Å². The average molecular weight is 327 g/mol. The van der Waals surface area contributed by atoms with Gasteiger partial charge in [0, 0.05) is 10.4 Å². The summed E-state index contributed by atoms with van der Waals surface area (Å²) in [6, 6.07) is 15.7. The zero-order valence-corrected chi connectivity index (χ0v) is 12.6. The van der Waals surface area contributed by atoms with Gasteiger partial charge in [0.2, 0.25) is 5.78 Å². The summed E-state index contributed by atoms with van der Waals surface area (Å²) in [5.74, 6) is -0.357. The Bertz CT molecular complexity index is 959. The van der Waals surface area contributed by atoms with E-state index in [1.165, 1.54) is 0 Å². The molecule has 2 heterocycles. The van der Waals surface area contributed by atoms with Crippen molar-refractivity contribution >= 4 is 28.4 Å². The van der Waals surface area contributed by atoms with Gasteiger partial charge in [0.25, 0.3) is 0 Å². The van der Waals surface area contributed by atoms with Crippen LogP contribution in [-0.4, -0.2) is 11.9 Å². The minimum absolute atomic E-state index is 0.0187. The maximum atomic E-state index is 12.5. The number of ether oxygens (including phenoxy) is 1. The molecule has 2 aromatic carbocycles. The number of ketones is 1. The summed E-state index contributed by atoms with van der Waals surface area (Å²) in [6.07, 6.45) is -0.995. The molecule has 4 rings (SSSR count). The first kappa shape index (κ1) is 14.2. The quantitative estimate of drug-likeness (QED) is 0.417. The van der Waals surface area contributed by atoms with Crippen LogP contribution in [0.25, 0.3) is 11.0 Å². The van der Waals surface area contributed by atoms with Crippen LogP contribution in [0.3, 0.4) is 0 Å². The summed E-state index contributed by atoms with van der Waals surface area (Å²) in [6.45, 7) is 0. The van der Waals surface area contributed by atoms with Crippen molar-refractivity contribution in [3.63, 3.8) is 0 Å². The number of carbonyl (C=O) groups is 1. The van der Waals surface area contributed by atoms with Crippen LogP contribution in [0, 0.1) is 0 Å². The normalized spacial score (nSPS) is 19.7. The summed E-state index contributed by atoms with van der Waals surface area (Å²) in [5, 5.41) is 1.33. The summed E-state index contributed by atoms with van der Waals surface area (Å²) in [5.41, 5.74) is 0.696. The molecule has 1 fully saturated rings. The third-order valence-corrected chi connectivity index (χ3v) is 4.11. The fourth-order valence-electron chi connectivity index (χ4n) is 2.60. The third-order valence-electron chi connectivity index (χ3n) is 3.86. The minimum Gasteiger partial charge on any atom is -0.422 e. The van der Waals surface area contributed by atoms with E-state index >= 15 is 0 Å². The van der Waals surface area contributed by atoms with Crippen molar-refractivity contribution in [2.45, 2.75) is 12.2 Å². The summed E-state index contributed by atoms with van der Waals surface area (Å²) in [7, 11) is 0. The third kappa shape index (κ3) is 2.56. The molecule has 0 radical (unpaired) electrons. The number of rotatable bonds is 3. The molecule has 3 aromatic rings. The smallest absolute Gasteiger partial charge is 0.347 e. The molecule has 23 heavy (non-hydrogen) atoms. The van der Waals surface area contributed by atoms with Gasteiger partial charge < -0.3 is 9.15 Å². The van der Waals surface area contributed by atoms with Crippen molar-refractivity contribution in [3.8, 4) is 0 Å². The topological polar surface area (TPSA) is 59.8 Å². The Morgan fingerprint density at radius 1 is 1.04 bits per heavy atom. The van der Waals surface area contributed by atoms with Crippen LogP contribution in [0.2, 0.25) is 5.02 Å². The van der Waals surface area contributed by atoms with E-state index in [-0.39, 0.29) is 17.5 Å². The Balaban J connectivity index is 1.64. The van der Waals surface area contributed by atoms with E-state index in [0.29, 0.717) is 16.0 Å². The van der Waals surface area contributed by atoms with E-state index < -0.39 is 11.7 Å². The lowest BCUT2D eigenvalue weighted by molar-refractivity contribution is 0.0950. The predicted octanol–water partition coefficient (Wildman–Crippen LogP) is 3.77. The standard InChI is InChI=1S/C18H11ClO4/c19-12-7-5-10(6-8-12)16-17(23-16)15(20)13-9-11-3-1-2-4-14(11)22-18(13)21/h1-9,16-17H. The van der Waals surface area contributed by atoms with E-state index in [4.69, 9.17) is 20.8 Å². The molecule has 4 nitrogen and oxygen atoms in total. The van der Waals surface area contributed by atoms with Crippen LogP contribution >= 0.6 is 11.6 Å². The summed E-state index contributed by atoms with van der Waals surface area (Å²) in [4.78, 5) is 24.5. The molecule has 0 bridgehead atoms. The first-order valence-corrected chi connectivity index (χ1v) is 7.49. The van der Waals surface area contributed by atoms with Crippen molar-refractivity contribution < 1.29 is 13.9 Å². The second kappa shape index (κ2) is 5.33. The van der Waals surface area contributed by atoms with Gasteiger partial charge in [-0.1, -0.05) is 41.9 Å². The number of hydrogen-bond acceptors (Lipinski definition) is 4. The zero-order chi connectivity index (χ0) is 16.0. The number of Topliss-reactive ketones (excluding diaryl/α,β-unsaturated/α-hetero) is 1. The number of benzene rings is 2.